The number of rotatable bonds is 5. The van der Waals surface area contributed by atoms with Gasteiger partial charge < -0.3 is 10.4 Å². The molecule has 1 saturated carbocycles. The smallest absolute Gasteiger partial charge is 0.305 e. The number of hydrogen-bond acceptors (Lipinski definition) is 4. The van der Waals surface area contributed by atoms with E-state index in [0.717, 1.165) is 19.3 Å². The molecule has 0 atom stereocenters. The van der Waals surface area contributed by atoms with Crippen molar-refractivity contribution in [3.05, 3.63) is 32.3 Å². The third-order valence-electron chi connectivity index (χ3n) is 3.68. The third kappa shape index (κ3) is 2.92. The van der Waals surface area contributed by atoms with Gasteiger partial charge in [-0.25, -0.2) is 0 Å². The molecule has 0 unspecified atom stereocenters. The number of carboxylic acid groups (broad SMARTS) is 1. The Morgan fingerprint density at radius 1 is 1.55 bits per heavy atom. The van der Waals surface area contributed by atoms with Gasteiger partial charge in [0.15, 0.2) is 0 Å². The van der Waals surface area contributed by atoms with Crippen molar-refractivity contribution >= 4 is 33.3 Å². The number of hydrogen-bond donors (Lipinski definition) is 2. The van der Waals surface area contributed by atoms with E-state index in [9.17, 15) is 14.9 Å². The summed E-state index contributed by atoms with van der Waals surface area (Å²) in [5.41, 5.74) is 0.861. The highest BCUT2D eigenvalue weighted by Crippen LogP contribution is 2.41. The summed E-state index contributed by atoms with van der Waals surface area (Å²) >= 11 is 3.31. The minimum absolute atomic E-state index is 0.0447. The second-order valence-electron chi connectivity index (χ2n) is 5.21. The van der Waals surface area contributed by atoms with Gasteiger partial charge in [-0.3, -0.25) is 14.9 Å². The number of nitro groups is 1. The molecule has 108 valence electrons. The Morgan fingerprint density at radius 2 is 2.20 bits per heavy atom. The Bertz CT molecular complexity index is 570. The van der Waals surface area contributed by atoms with Gasteiger partial charge in [-0.1, -0.05) is 0 Å². The van der Waals surface area contributed by atoms with Crippen LogP contribution in [0, 0.1) is 17.0 Å². The topological polar surface area (TPSA) is 92.5 Å². The van der Waals surface area contributed by atoms with Crippen molar-refractivity contribution in [3.8, 4) is 0 Å². The number of carbonyl (C=O) groups is 1. The summed E-state index contributed by atoms with van der Waals surface area (Å²) in [6.07, 6.45) is 2.63. The molecule has 2 rings (SSSR count). The Kier molecular flexibility index (Phi) is 3.99. The van der Waals surface area contributed by atoms with Crippen molar-refractivity contribution in [2.45, 2.75) is 38.1 Å². The summed E-state index contributed by atoms with van der Waals surface area (Å²) in [7, 11) is 0. The van der Waals surface area contributed by atoms with Gasteiger partial charge in [0, 0.05) is 27.3 Å². The fourth-order valence-electron chi connectivity index (χ4n) is 2.49. The molecule has 0 radical (unpaired) electrons. The second-order valence-corrected chi connectivity index (χ2v) is 6.06. The normalized spacial score (nSPS) is 16.3. The van der Waals surface area contributed by atoms with Crippen LogP contribution in [0.2, 0.25) is 0 Å². The molecule has 0 amide bonds. The second kappa shape index (κ2) is 5.40. The average Bonchev–Trinajstić information content (AvgIpc) is 2.29. The molecule has 20 heavy (non-hydrogen) atoms. The van der Waals surface area contributed by atoms with Crippen LogP contribution < -0.4 is 5.32 Å². The molecule has 1 fully saturated rings. The van der Waals surface area contributed by atoms with Gasteiger partial charge in [-0.15, -0.1) is 0 Å². The predicted molar refractivity (Wildman–Crippen MR) is 78.0 cm³/mol. The van der Waals surface area contributed by atoms with Crippen LogP contribution >= 0.6 is 15.9 Å². The minimum Gasteiger partial charge on any atom is -0.481 e. The van der Waals surface area contributed by atoms with Crippen LogP contribution in [0.15, 0.2) is 16.6 Å². The van der Waals surface area contributed by atoms with E-state index in [1.54, 1.807) is 13.0 Å². The lowest BCUT2D eigenvalue weighted by Crippen LogP contribution is -2.46. The molecule has 2 N–H and O–H groups in total. The van der Waals surface area contributed by atoms with Crippen LogP contribution in [0.25, 0.3) is 0 Å². The van der Waals surface area contributed by atoms with Gasteiger partial charge in [0.05, 0.1) is 11.3 Å². The van der Waals surface area contributed by atoms with Crippen molar-refractivity contribution < 1.29 is 14.8 Å². The van der Waals surface area contributed by atoms with Gasteiger partial charge in [0.25, 0.3) is 5.69 Å². The van der Waals surface area contributed by atoms with E-state index in [0.29, 0.717) is 15.7 Å². The number of aryl methyl sites for hydroxylation is 1. The molecule has 7 heteroatoms. The van der Waals surface area contributed by atoms with Crippen LogP contribution in [0.4, 0.5) is 11.4 Å². The quantitative estimate of drug-likeness (QED) is 0.631. The summed E-state index contributed by atoms with van der Waals surface area (Å²) < 4.78 is 0.575. The Balaban J connectivity index is 2.27. The first-order valence-electron chi connectivity index (χ1n) is 6.27. The van der Waals surface area contributed by atoms with Crippen molar-refractivity contribution in [1.29, 1.82) is 0 Å². The van der Waals surface area contributed by atoms with E-state index in [1.165, 1.54) is 6.07 Å². The van der Waals surface area contributed by atoms with Gasteiger partial charge in [-0.2, -0.15) is 0 Å². The lowest BCUT2D eigenvalue weighted by Gasteiger charge is -2.42. The largest absolute Gasteiger partial charge is 0.481 e. The van der Waals surface area contributed by atoms with Crippen LogP contribution in [0.1, 0.15) is 31.2 Å². The van der Waals surface area contributed by atoms with Crippen LogP contribution in [0.5, 0.6) is 0 Å². The van der Waals surface area contributed by atoms with E-state index in [2.05, 4.69) is 21.2 Å². The zero-order valence-electron chi connectivity index (χ0n) is 11.0. The molecular weight excluding hydrogens is 328 g/mol. The number of halogens is 1. The molecule has 1 aromatic rings. The minimum atomic E-state index is -0.841. The number of nitrogens with zero attached hydrogens (tertiary/aromatic N) is 1. The van der Waals surface area contributed by atoms with Crippen LogP contribution in [-0.2, 0) is 4.79 Å². The maximum atomic E-state index is 11.0. The fraction of sp³-hybridized carbons (Fsp3) is 0.462. The first kappa shape index (κ1) is 14.8. The van der Waals surface area contributed by atoms with Crippen molar-refractivity contribution in [2.24, 2.45) is 0 Å². The standard InChI is InChI=1S/C13H15BrN2O4/c1-8-5-10(9(14)6-11(8)16(19)20)15-13(3-2-4-13)7-12(17)18/h5-6,15H,2-4,7H2,1H3,(H,17,18). The zero-order chi connectivity index (χ0) is 14.9. The van der Waals surface area contributed by atoms with Gasteiger partial charge in [-0.05, 0) is 48.2 Å². The summed E-state index contributed by atoms with van der Waals surface area (Å²) in [4.78, 5) is 21.4. The van der Waals surface area contributed by atoms with Crippen molar-refractivity contribution in [3.63, 3.8) is 0 Å². The van der Waals surface area contributed by atoms with Crippen molar-refractivity contribution in [2.75, 3.05) is 5.32 Å². The Hall–Kier alpha value is -1.63. The summed E-state index contributed by atoms with van der Waals surface area (Å²) in [6, 6.07) is 3.13. The zero-order valence-corrected chi connectivity index (χ0v) is 12.6. The van der Waals surface area contributed by atoms with Gasteiger partial charge >= 0.3 is 5.97 Å². The first-order chi connectivity index (χ1) is 9.33. The van der Waals surface area contributed by atoms with Crippen LogP contribution in [0.3, 0.4) is 0 Å². The lowest BCUT2D eigenvalue weighted by molar-refractivity contribution is -0.385. The molecule has 0 aromatic heterocycles. The number of benzene rings is 1. The van der Waals surface area contributed by atoms with E-state index < -0.39 is 16.4 Å². The molecule has 0 heterocycles. The Labute approximate surface area is 124 Å². The highest BCUT2D eigenvalue weighted by molar-refractivity contribution is 9.10. The van der Waals surface area contributed by atoms with Gasteiger partial charge in [0.2, 0.25) is 0 Å². The molecular formula is C13H15BrN2O4. The fourth-order valence-corrected chi connectivity index (χ4v) is 2.92. The molecule has 6 nitrogen and oxygen atoms in total. The molecule has 1 aromatic carbocycles. The maximum absolute atomic E-state index is 11.0. The summed E-state index contributed by atoms with van der Waals surface area (Å²) in [5.74, 6) is -0.841. The number of carboxylic acids is 1. The monoisotopic (exact) mass is 342 g/mol. The van der Waals surface area contributed by atoms with Crippen molar-refractivity contribution in [1.82, 2.24) is 0 Å². The SMILES string of the molecule is Cc1cc(NC2(CC(=O)O)CCC2)c(Br)cc1[N+](=O)[O-]. The number of aliphatic carboxylic acids is 1. The maximum Gasteiger partial charge on any atom is 0.305 e. The van der Waals surface area contributed by atoms with E-state index >= 15 is 0 Å². The number of nitrogens with one attached hydrogen (secondary N) is 1. The molecule has 1 aliphatic carbocycles. The molecule has 0 spiro atoms. The number of anilines is 1. The highest BCUT2D eigenvalue weighted by Gasteiger charge is 2.39. The van der Waals surface area contributed by atoms with Crippen LogP contribution in [-0.4, -0.2) is 21.5 Å². The summed E-state index contributed by atoms with van der Waals surface area (Å²) in [6.45, 7) is 1.67. The molecule has 0 aliphatic heterocycles. The lowest BCUT2D eigenvalue weighted by atomic mass is 9.74. The molecule has 0 saturated heterocycles. The van der Waals surface area contributed by atoms with E-state index in [4.69, 9.17) is 5.11 Å². The van der Waals surface area contributed by atoms with Gasteiger partial charge in [0.1, 0.15) is 0 Å². The predicted octanol–water partition coefficient (Wildman–Crippen LogP) is 3.48. The number of nitro benzene ring substituents is 1. The first-order valence-corrected chi connectivity index (χ1v) is 7.07. The third-order valence-corrected chi connectivity index (χ3v) is 4.34. The van der Waals surface area contributed by atoms with E-state index in [1.807, 2.05) is 0 Å². The Morgan fingerprint density at radius 3 is 2.65 bits per heavy atom. The highest BCUT2D eigenvalue weighted by atomic mass is 79.9. The van der Waals surface area contributed by atoms with E-state index in [-0.39, 0.29) is 12.1 Å². The molecule has 0 bridgehead atoms. The average molecular weight is 343 g/mol. The molecule has 1 aliphatic rings. The summed E-state index contributed by atoms with van der Waals surface area (Å²) in [5, 5.41) is 23.1.